The van der Waals surface area contributed by atoms with E-state index in [0.717, 1.165) is 11.3 Å². The number of nitrogens with one attached hydrogen (secondary N) is 1. The van der Waals surface area contributed by atoms with Crippen LogP contribution < -0.4 is 15.8 Å². The summed E-state index contributed by atoms with van der Waals surface area (Å²) in [6.45, 7) is 2.80. The molecule has 1 aromatic rings. The number of para-hydroxylation sites is 1. The van der Waals surface area contributed by atoms with Gasteiger partial charge < -0.3 is 20.5 Å². The number of ether oxygens (including phenoxy) is 2. The van der Waals surface area contributed by atoms with Gasteiger partial charge in [-0.1, -0.05) is 18.2 Å². The molecule has 0 aromatic heterocycles. The fraction of sp³-hybridized carbons (Fsp3) is 0.533. The van der Waals surface area contributed by atoms with Gasteiger partial charge in [0.2, 0.25) is 5.91 Å². The van der Waals surface area contributed by atoms with Crippen molar-refractivity contribution in [3.8, 4) is 5.75 Å². The highest BCUT2D eigenvalue weighted by atomic mass is 16.5. The molecule has 5 heteroatoms. The highest BCUT2D eigenvalue weighted by Gasteiger charge is 2.38. The molecule has 2 rings (SSSR count). The molecule has 1 saturated heterocycles. The van der Waals surface area contributed by atoms with Gasteiger partial charge in [0.05, 0.1) is 13.7 Å². The van der Waals surface area contributed by atoms with Gasteiger partial charge in [0.25, 0.3) is 0 Å². The summed E-state index contributed by atoms with van der Waals surface area (Å²) >= 11 is 0. The number of amides is 1. The number of nitrogens with two attached hydrogens (primary N) is 1. The van der Waals surface area contributed by atoms with E-state index in [1.807, 2.05) is 31.2 Å². The SMILES string of the molecule is COc1ccccc1CC(C)NC(=O)C1(N)CCOC1. The van der Waals surface area contributed by atoms with Gasteiger partial charge in [-0.3, -0.25) is 4.79 Å². The lowest BCUT2D eigenvalue weighted by Gasteiger charge is -2.24. The fourth-order valence-electron chi connectivity index (χ4n) is 2.38. The Labute approximate surface area is 119 Å². The predicted molar refractivity (Wildman–Crippen MR) is 76.7 cm³/mol. The zero-order valence-corrected chi connectivity index (χ0v) is 12.0. The summed E-state index contributed by atoms with van der Waals surface area (Å²) in [7, 11) is 1.65. The van der Waals surface area contributed by atoms with Gasteiger partial charge in [-0.2, -0.15) is 0 Å². The second-order valence-corrected chi connectivity index (χ2v) is 5.35. The lowest BCUT2D eigenvalue weighted by molar-refractivity contribution is -0.126. The van der Waals surface area contributed by atoms with Crippen molar-refractivity contribution in [3.63, 3.8) is 0 Å². The summed E-state index contributed by atoms with van der Waals surface area (Å²) in [4.78, 5) is 12.2. The van der Waals surface area contributed by atoms with Crippen molar-refractivity contribution < 1.29 is 14.3 Å². The third kappa shape index (κ3) is 3.29. The Morgan fingerprint density at radius 3 is 2.95 bits per heavy atom. The van der Waals surface area contributed by atoms with Crippen molar-refractivity contribution in [3.05, 3.63) is 29.8 Å². The molecule has 1 heterocycles. The molecule has 1 aliphatic rings. The highest BCUT2D eigenvalue weighted by molar-refractivity contribution is 5.86. The minimum Gasteiger partial charge on any atom is -0.496 e. The number of carbonyl (C=O) groups is 1. The molecule has 2 atom stereocenters. The Morgan fingerprint density at radius 1 is 1.55 bits per heavy atom. The monoisotopic (exact) mass is 278 g/mol. The van der Waals surface area contributed by atoms with Gasteiger partial charge in [-0.25, -0.2) is 0 Å². The first-order valence-electron chi connectivity index (χ1n) is 6.84. The second kappa shape index (κ2) is 6.24. The Bertz CT molecular complexity index is 470. The van der Waals surface area contributed by atoms with E-state index >= 15 is 0 Å². The number of rotatable bonds is 5. The number of carbonyl (C=O) groups excluding carboxylic acids is 1. The first-order chi connectivity index (χ1) is 9.55. The highest BCUT2D eigenvalue weighted by Crippen LogP contribution is 2.20. The number of benzene rings is 1. The summed E-state index contributed by atoms with van der Waals surface area (Å²) in [6, 6.07) is 7.79. The van der Waals surface area contributed by atoms with Crippen LogP contribution in [-0.4, -0.2) is 37.8 Å². The Balaban J connectivity index is 1.95. The maximum Gasteiger partial charge on any atom is 0.242 e. The van der Waals surface area contributed by atoms with Crippen LogP contribution in [0.4, 0.5) is 0 Å². The molecular formula is C15H22N2O3. The molecule has 0 radical (unpaired) electrons. The summed E-state index contributed by atoms with van der Waals surface area (Å²) in [5.74, 6) is 0.692. The molecule has 110 valence electrons. The van der Waals surface area contributed by atoms with Crippen LogP contribution in [0, 0.1) is 0 Å². The maximum atomic E-state index is 12.2. The van der Waals surface area contributed by atoms with Crippen LogP contribution in [0.15, 0.2) is 24.3 Å². The van der Waals surface area contributed by atoms with Crippen molar-refractivity contribution in [2.24, 2.45) is 5.73 Å². The molecule has 5 nitrogen and oxygen atoms in total. The molecule has 0 aliphatic carbocycles. The van der Waals surface area contributed by atoms with Gasteiger partial charge >= 0.3 is 0 Å². The van der Waals surface area contributed by atoms with E-state index in [4.69, 9.17) is 15.2 Å². The van der Waals surface area contributed by atoms with Crippen molar-refractivity contribution in [2.75, 3.05) is 20.3 Å². The van der Waals surface area contributed by atoms with Gasteiger partial charge in [-0.05, 0) is 31.4 Å². The maximum absolute atomic E-state index is 12.2. The quantitative estimate of drug-likeness (QED) is 0.838. The first-order valence-corrected chi connectivity index (χ1v) is 6.84. The smallest absolute Gasteiger partial charge is 0.242 e. The average Bonchev–Trinajstić information content (AvgIpc) is 2.87. The van der Waals surface area contributed by atoms with Crippen LogP contribution in [0.25, 0.3) is 0 Å². The van der Waals surface area contributed by atoms with Crippen molar-refractivity contribution in [1.82, 2.24) is 5.32 Å². The summed E-state index contributed by atoms with van der Waals surface area (Å²) < 4.78 is 10.5. The molecule has 0 spiro atoms. The van der Waals surface area contributed by atoms with Crippen LogP contribution in [0.3, 0.4) is 0 Å². The van der Waals surface area contributed by atoms with Crippen LogP contribution >= 0.6 is 0 Å². The summed E-state index contributed by atoms with van der Waals surface area (Å²) in [5, 5.41) is 2.96. The Hall–Kier alpha value is -1.59. The van der Waals surface area contributed by atoms with E-state index in [1.54, 1.807) is 7.11 Å². The van der Waals surface area contributed by atoms with Crippen LogP contribution in [0.2, 0.25) is 0 Å². The molecule has 1 fully saturated rings. The van der Waals surface area contributed by atoms with E-state index in [1.165, 1.54) is 0 Å². The third-order valence-electron chi connectivity index (χ3n) is 3.60. The van der Waals surface area contributed by atoms with E-state index in [-0.39, 0.29) is 11.9 Å². The standard InChI is InChI=1S/C15H22N2O3/c1-11(9-12-5-3-4-6-13(12)19-2)17-14(18)15(16)7-8-20-10-15/h3-6,11H,7-10,16H2,1-2H3,(H,17,18). The molecule has 3 N–H and O–H groups in total. The predicted octanol–water partition coefficient (Wildman–Crippen LogP) is 0.860. The Morgan fingerprint density at radius 2 is 2.30 bits per heavy atom. The molecule has 0 saturated carbocycles. The third-order valence-corrected chi connectivity index (χ3v) is 3.60. The van der Waals surface area contributed by atoms with Gasteiger partial charge in [0.15, 0.2) is 0 Å². The zero-order chi connectivity index (χ0) is 14.6. The van der Waals surface area contributed by atoms with E-state index < -0.39 is 5.54 Å². The molecule has 1 aliphatic heterocycles. The summed E-state index contributed by atoms with van der Waals surface area (Å²) in [5.41, 5.74) is 6.22. The normalized spacial score (nSPS) is 23.4. The average molecular weight is 278 g/mol. The molecule has 1 aromatic carbocycles. The van der Waals surface area contributed by atoms with Crippen molar-refractivity contribution in [2.45, 2.75) is 31.3 Å². The number of hydrogen-bond donors (Lipinski definition) is 2. The summed E-state index contributed by atoms with van der Waals surface area (Å²) in [6.07, 6.45) is 1.27. The molecule has 20 heavy (non-hydrogen) atoms. The van der Waals surface area contributed by atoms with Crippen LogP contribution in [-0.2, 0) is 16.0 Å². The molecule has 2 unspecified atom stereocenters. The van der Waals surface area contributed by atoms with Crippen LogP contribution in [0.1, 0.15) is 18.9 Å². The first kappa shape index (κ1) is 14.8. The minimum atomic E-state index is -0.880. The number of hydrogen-bond acceptors (Lipinski definition) is 4. The van der Waals surface area contributed by atoms with Gasteiger partial charge in [0, 0.05) is 12.6 Å². The minimum absolute atomic E-state index is 0.0141. The number of methoxy groups -OCH3 is 1. The fourth-order valence-corrected chi connectivity index (χ4v) is 2.38. The molecular weight excluding hydrogens is 256 g/mol. The van der Waals surface area contributed by atoms with Gasteiger partial charge in [-0.15, -0.1) is 0 Å². The lowest BCUT2D eigenvalue weighted by Crippen LogP contribution is -2.56. The molecule has 0 bridgehead atoms. The Kier molecular flexibility index (Phi) is 4.62. The van der Waals surface area contributed by atoms with E-state index in [9.17, 15) is 4.79 Å². The lowest BCUT2D eigenvalue weighted by atomic mass is 9.98. The largest absolute Gasteiger partial charge is 0.496 e. The second-order valence-electron chi connectivity index (χ2n) is 5.35. The van der Waals surface area contributed by atoms with E-state index in [2.05, 4.69) is 5.32 Å². The van der Waals surface area contributed by atoms with Crippen molar-refractivity contribution >= 4 is 5.91 Å². The van der Waals surface area contributed by atoms with Crippen molar-refractivity contribution in [1.29, 1.82) is 0 Å². The topological polar surface area (TPSA) is 73.6 Å². The molecule has 1 amide bonds. The van der Waals surface area contributed by atoms with Gasteiger partial charge in [0.1, 0.15) is 11.3 Å². The van der Waals surface area contributed by atoms with E-state index in [0.29, 0.717) is 26.1 Å². The zero-order valence-electron chi connectivity index (χ0n) is 12.0. The van der Waals surface area contributed by atoms with Crippen LogP contribution in [0.5, 0.6) is 5.75 Å².